The van der Waals surface area contributed by atoms with E-state index in [-0.39, 0.29) is 17.7 Å². The normalized spacial score (nSPS) is 21.8. The Morgan fingerprint density at radius 2 is 1.73 bits per heavy atom. The molecule has 1 N–H and O–H groups in total. The molecule has 0 spiro atoms. The molecule has 1 amide bonds. The summed E-state index contributed by atoms with van der Waals surface area (Å²) in [7, 11) is 1.70. The molecule has 1 fully saturated rings. The smallest absolute Gasteiger partial charge is 0.220 e. The van der Waals surface area contributed by atoms with Crippen molar-refractivity contribution in [3.8, 4) is 5.75 Å². The number of benzene rings is 2. The molecular formula is C19H21NO2. The van der Waals surface area contributed by atoms with E-state index in [0.717, 1.165) is 12.2 Å². The van der Waals surface area contributed by atoms with Crippen LogP contribution in [0.5, 0.6) is 5.75 Å². The summed E-state index contributed by atoms with van der Waals surface area (Å²) >= 11 is 0. The van der Waals surface area contributed by atoms with Gasteiger partial charge in [0.1, 0.15) is 5.75 Å². The topological polar surface area (TPSA) is 38.3 Å². The van der Waals surface area contributed by atoms with Gasteiger partial charge < -0.3 is 10.1 Å². The molecule has 3 nitrogen and oxygen atoms in total. The van der Waals surface area contributed by atoms with Gasteiger partial charge in [-0.15, -0.1) is 0 Å². The molecule has 0 radical (unpaired) electrons. The maximum absolute atomic E-state index is 12.1. The van der Waals surface area contributed by atoms with Crippen molar-refractivity contribution in [2.45, 2.75) is 24.7 Å². The van der Waals surface area contributed by atoms with Crippen LogP contribution in [0.15, 0.2) is 54.6 Å². The van der Waals surface area contributed by atoms with Crippen molar-refractivity contribution in [1.29, 1.82) is 0 Å². The lowest BCUT2D eigenvalue weighted by Crippen LogP contribution is -2.22. The minimum atomic E-state index is 0.131. The highest BCUT2D eigenvalue weighted by Crippen LogP contribution is 2.42. The molecule has 0 unspecified atom stereocenters. The van der Waals surface area contributed by atoms with E-state index < -0.39 is 0 Å². The van der Waals surface area contributed by atoms with Gasteiger partial charge in [0.25, 0.3) is 0 Å². The zero-order valence-electron chi connectivity index (χ0n) is 12.8. The van der Waals surface area contributed by atoms with Gasteiger partial charge in [0, 0.05) is 13.0 Å². The van der Waals surface area contributed by atoms with E-state index in [9.17, 15) is 4.79 Å². The maximum atomic E-state index is 12.1. The fourth-order valence-corrected chi connectivity index (χ4v) is 3.38. The Morgan fingerprint density at radius 3 is 2.50 bits per heavy atom. The van der Waals surface area contributed by atoms with Gasteiger partial charge in [-0.25, -0.2) is 0 Å². The fourth-order valence-electron chi connectivity index (χ4n) is 3.38. The number of hydrogen-bond acceptors (Lipinski definition) is 2. The molecule has 22 heavy (non-hydrogen) atoms. The Morgan fingerprint density at radius 1 is 1.00 bits per heavy atom. The van der Waals surface area contributed by atoms with Crippen LogP contribution in [-0.2, 0) is 4.79 Å². The van der Waals surface area contributed by atoms with Crippen LogP contribution in [0.25, 0.3) is 0 Å². The molecule has 114 valence electrons. The molecule has 1 aliphatic rings. The first-order chi connectivity index (χ1) is 10.8. The second kappa shape index (κ2) is 6.65. The Balaban J connectivity index is 2.03. The lowest BCUT2D eigenvalue weighted by atomic mass is 9.78. The summed E-state index contributed by atoms with van der Waals surface area (Å²) in [5.41, 5.74) is 2.41. The van der Waals surface area contributed by atoms with Gasteiger partial charge in [-0.05, 0) is 35.4 Å². The van der Waals surface area contributed by atoms with Crippen LogP contribution in [0.4, 0.5) is 0 Å². The van der Waals surface area contributed by atoms with Crippen LogP contribution in [0.3, 0.4) is 0 Å². The van der Waals surface area contributed by atoms with Crippen molar-refractivity contribution in [3.05, 3.63) is 65.7 Å². The summed E-state index contributed by atoms with van der Waals surface area (Å²) < 4.78 is 5.55. The summed E-state index contributed by atoms with van der Waals surface area (Å²) in [6, 6.07) is 18.5. The van der Waals surface area contributed by atoms with Gasteiger partial charge in [0.05, 0.1) is 7.11 Å². The van der Waals surface area contributed by atoms with E-state index in [4.69, 9.17) is 4.74 Å². The average Bonchev–Trinajstić information content (AvgIpc) is 2.77. The van der Waals surface area contributed by atoms with Crippen molar-refractivity contribution < 1.29 is 9.53 Å². The minimum absolute atomic E-state index is 0.131. The minimum Gasteiger partial charge on any atom is -0.496 e. The van der Waals surface area contributed by atoms with E-state index in [0.29, 0.717) is 13.0 Å². The Kier molecular flexibility index (Phi) is 4.42. The van der Waals surface area contributed by atoms with Crippen molar-refractivity contribution in [1.82, 2.24) is 5.32 Å². The number of carbonyl (C=O) groups excluding carboxylic acids is 1. The molecule has 1 saturated heterocycles. The summed E-state index contributed by atoms with van der Waals surface area (Å²) in [6.07, 6.45) is 1.44. The molecule has 0 aliphatic carbocycles. The van der Waals surface area contributed by atoms with Crippen LogP contribution in [-0.4, -0.2) is 19.6 Å². The number of hydrogen-bond donors (Lipinski definition) is 1. The highest BCUT2D eigenvalue weighted by molar-refractivity contribution is 5.77. The average molecular weight is 295 g/mol. The van der Waals surface area contributed by atoms with Gasteiger partial charge in [-0.3, -0.25) is 4.79 Å². The highest BCUT2D eigenvalue weighted by Gasteiger charge is 2.31. The number of rotatable bonds is 3. The lowest BCUT2D eigenvalue weighted by molar-refractivity contribution is -0.121. The first-order valence-corrected chi connectivity index (χ1v) is 7.74. The maximum Gasteiger partial charge on any atom is 0.220 e. The Hall–Kier alpha value is -2.29. The van der Waals surface area contributed by atoms with Crippen LogP contribution >= 0.6 is 0 Å². The SMILES string of the molecule is COc1ccccc1[C@H]1CCNC(=O)C[C@H]1c1ccccc1. The first kappa shape index (κ1) is 14.6. The standard InChI is InChI=1S/C19H21NO2/c1-22-18-10-6-5-9-16(18)15-11-12-20-19(21)13-17(15)14-7-3-2-4-8-14/h2-10,15,17H,11-13H2,1H3,(H,20,21)/t15-,17+/m1/s1. The van der Waals surface area contributed by atoms with E-state index in [2.05, 4.69) is 23.5 Å². The van der Waals surface area contributed by atoms with Crippen LogP contribution in [0.2, 0.25) is 0 Å². The third-order valence-corrected chi connectivity index (χ3v) is 4.43. The molecule has 1 aliphatic heterocycles. The molecule has 1 heterocycles. The van der Waals surface area contributed by atoms with Crippen molar-refractivity contribution >= 4 is 5.91 Å². The quantitative estimate of drug-likeness (QED) is 0.941. The second-order valence-corrected chi connectivity index (χ2v) is 5.71. The highest BCUT2D eigenvalue weighted by atomic mass is 16.5. The molecule has 2 aromatic carbocycles. The number of ether oxygens (including phenoxy) is 1. The van der Waals surface area contributed by atoms with E-state index in [1.807, 2.05) is 36.4 Å². The van der Waals surface area contributed by atoms with Gasteiger partial charge in [0.2, 0.25) is 5.91 Å². The number of amides is 1. The van der Waals surface area contributed by atoms with Crippen molar-refractivity contribution in [3.63, 3.8) is 0 Å². The van der Waals surface area contributed by atoms with Crippen LogP contribution in [0, 0.1) is 0 Å². The number of carbonyl (C=O) groups is 1. The molecule has 0 bridgehead atoms. The van der Waals surface area contributed by atoms with Gasteiger partial charge in [-0.2, -0.15) is 0 Å². The van der Waals surface area contributed by atoms with Crippen LogP contribution < -0.4 is 10.1 Å². The zero-order chi connectivity index (χ0) is 15.4. The third kappa shape index (κ3) is 2.98. The lowest BCUT2D eigenvalue weighted by Gasteiger charge is -2.26. The molecule has 3 heteroatoms. The molecule has 2 aromatic rings. The van der Waals surface area contributed by atoms with E-state index in [1.54, 1.807) is 7.11 Å². The number of para-hydroxylation sites is 1. The molecular weight excluding hydrogens is 274 g/mol. The zero-order valence-corrected chi connectivity index (χ0v) is 12.8. The van der Waals surface area contributed by atoms with E-state index >= 15 is 0 Å². The van der Waals surface area contributed by atoms with Crippen molar-refractivity contribution in [2.75, 3.05) is 13.7 Å². The summed E-state index contributed by atoms with van der Waals surface area (Å²) in [4.78, 5) is 12.1. The predicted octanol–water partition coefficient (Wildman–Crippen LogP) is 3.47. The number of methoxy groups -OCH3 is 1. The summed E-state index contributed by atoms with van der Waals surface area (Å²) in [5.74, 6) is 1.49. The van der Waals surface area contributed by atoms with Crippen LogP contribution in [0.1, 0.15) is 35.8 Å². The van der Waals surface area contributed by atoms with Gasteiger partial charge in [-0.1, -0.05) is 48.5 Å². The fraction of sp³-hybridized carbons (Fsp3) is 0.316. The van der Waals surface area contributed by atoms with Gasteiger partial charge in [0.15, 0.2) is 0 Å². The largest absolute Gasteiger partial charge is 0.496 e. The van der Waals surface area contributed by atoms with E-state index in [1.165, 1.54) is 11.1 Å². The summed E-state index contributed by atoms with van der Waals surface area (Å²) in [6.45, 7) is 0.713. The van der Waals surface area contributed by atoms with Gasteiger partial charge >= 0.3 is 0 Å². The van der Waals surface area contributed by atoms with Crippen molar-refractivity contribution in [2.24, 2.45) is 0 Å². The first-order valence-electron chi connectivity index (χ1n) is 7.74. The Labute approximate surface area is 131 Å². The predicted molar refractivity (Wildman–Crippen MR) is 87.2 cm³/mol. The second-order valence-electron chi connectivity index (χ2n) is 5.71. The molecule has 0 aromatic heterocycles. The molecule has 0 saturated carbocycles. The molecule has 2 atom stereocenters. The third-order valence-electron chi connectivity index (χ3n) is 4.43. The monoisotopic (exact) mass is 295 g/mol. The summed E-state index contributed by atoms with van der Waals surface area (Å²) in [5, 5.41) is 3.00. The Bertz CT molecular complexity index is 639. The number of nitrogens with one attached hydrogen (secondary N) is 1. The molecule has 3 rings (SSSR count).